The topological polar surface area (TPSA) is 16.8 Å². The molecule has 2 nitrogen and oxygen atoms in total. The number of halogens is 1. The second-order valence-electron chi connectivity index (χ2n) is 2.30. The number of hydrogen-bond donors (Lipinski definition) is 0. The van der Waals surface area contributed by atoms with Gasteiger partial charge < -0.3 is 0 Å². The van der Waals surface area contributed by atoms with Crippen LogP contribution in [0.5, 0.6) is 0 Å². The number of hydrogen-bond acceptors (Lipinski definition) is 1. The molecule has 0 aliphatic heterocycles. The molecule has 0 aliphatic carbocycles. The van der Waals surface area contributed by atoms with E-state index in [9.17, 15) is 0 Å². The zero-order valence-electron chi connectivity index (χ0n) is 5.91. The van der Waals surface area contributed by atoms with Crippen LogP contribution < -0.4 is 3.56 Å². The van der Waals surface area contributed by atoms with E-state index in [1.165, 1.54) is 5.52 Å². The Labute approximate surface area is 75.6 Å². The van der Waals surface area contributed by atoms with Crippen molar-refractivity contribution in [2.24, 2.45) is 7.05 Å². The Morgan fingerprint density at radius 2 is 2.36 bits per heavy atom. The van der Waals surface area contributed by atoms with Crippen LogP contribution in [-0.2, 0) is 7.05 Å². The predicted molar refractivity (Wildman–Crippen MR) is 44.9 cm³/mol. The van der Waals surface area contributed by atoms with Gasteiger partial charge in [0, 0.05) is 0 Å². The monoisotopic (exact) mass is 233 g/mol. The molecule has 0 N–H and O–H groups in total. The van der Waals surface area contributed by atoms with Crippen molar-refractivity contribution >= 4 is 37.6 Å². The van der Waals surface area contributed by atoms with Gasteiger partial charge in [-0.1, -0.05) is 0 Å². The molecule has 0 unspecified atom stereocenters. The Morgan fingerprint density at radius 3 is 3.18 bits per heavy atom. The summed E-state index contributed by atoms with van der Waals surface area (Å²) in [6, 6.07) is 5.81. The fraction of sp³-hybridized carbons (Fsp3) is 0.143. The van der Waals surface area contributed by atoms with E-state index in [1.807, 2.05) is 25.2 Å². The first-order valence-electron chi connectivity index (χ1n) is 3.19. The van der Waals surface area contributed by atoms with Crippen LogP contribution in [0.25, 0.3) is 11.0 Å². The van der Waals surface area contributed by atoms with Crippen molar-refractivity contribution in [3.05, 3.63) is 23.2 Å². The molecule has 0 saturated carbocycles. The molecule has 0 fully saturated rings. The Bertz CT molecular complexity index is 396. The number of nitrogens with zero attached hydrogens (tertiary/aromatic N) is 2. The second kappa shape index (κ2) is 2.59. The fourth-order valence-corrected chi connectivity index (χ4v) is 2.41. The zero-order valence-corrected chi connectivity index (χ0v) is 8.38. The third-order valence-corrected chi connectivity index (χ3v) is 3.28. The van der Waals surface area contributed by atoms with Gasteiger partial charge in [-0.05, 0) is 0 Å². The first-order chi connectivity index (χ1) is 5.27. The van der Waals surface area contributed by atoms with E-state index in [4.69, 9.17) is 11.6 Å². The van der Waals surface area contributed by atoms with E-state index < -0.39 is 0 Å². The first-order valence-corrected chi connectivity index (χ1v) is 5.10. The minimum atomic E-state index is 0.229. The minimum absolute atomic E-state index is 0.229. The quantitative estimate of drug-likeness (QED) is 0.613. The Hall–Kier alpha value is -0.371. The Kier molecular flexibility index (Phi) is 1.72. The molecule has 2 aromatic rings. The molecule has 1 aromatic carbocycles. The van der Waals surface area contributed by atoms with Crippen LogP contribution in [0.15, 0.2) is 18.2 Å². The summed E-state index contributed by atoms with van der Waals surface area (Å²) >= 11 is 6.03. The number of aromatic nitrogens is 2. The van der Waals surface area contributed by atoms with Gasteiger partial charge in [0.05, 0.1) is 0 Å². The van der Waals surface area contributed by atoms with Crippen LogP contribution in [0.2, 0.25) is 5.02 Å². The van der Waals surface area contributed by atoms with Crippen LogP contribution in [0, 0.1) is 0 Å². The van der Waals surface area contributed by atoms with Gasteiger partial charge in [0.25, 0.3) is 0 Å². The van der Waals surface area contributed by atoms with Crippen LogP contribution in [-0.4, -0.2) is 18.9 Å². The summed E-state index contributed by atoms with van der Waals surface area (Å²) in [5.41, 5.74) is 2.22. The SMILES string of the molecule is C[n+]1[se]nc2cc(Cl)ccc21. The van der Waals surface area contributed by atoms with Gasteiger partial charge in [-0.25, -0.2) is 0 Å². The maximum atomic E-state index is 5.80. The number of fused-ring (bicyclic) bond motifs is 1. The van der Waals surface area contributed by atoms with E-state index >= 15 is 0 Å². The van der Waals surface area contributed by atoms with Gasteiger partial charge in [0.2, 0.25) is 0 Å². The molecule has 1 aromatic heterocycles. The van der Waals surface area contributed by atoms with Crippen molar-refractivity contribution in [3.63, 3.8) is 0 Å². The number of benzene rings is 1. The van der Waals surface area contributed by atoms with Gasteiger partial charge in [0.15, 0.2) is 0 Å². The molecule has 0 radical (unpaired) electrons. The van der Waals surface area contributed by atoms with E-state index in [0.717, 1.165) is 10.5 Å². The molecule has 4 heteroatoms. The molecule has 0 aliphatic rings. The van der Waals surface area contributed by atoms with Crippen molar-refractivity contribution in [2.75, 3.05) is 0 Å². The fourth-order valence-electron chi connectivity index (χ4n) is 0.985. The van der Waals surface area contributed by atoms with Crippen LogP contribution in [0.1, 0.15) is 0 Å². The summed E-state index contributed by atoms with van der Waals surface area (Å²) in [6.45, 7) is 0. The van der Waals surface area contributed by atoms with Crippen molar-refractivity contribution in [1.82, 2.24) is 3.98 Å². The van der Waals surface area contributed by atoms with E-state index in [2.05, 4.69) is 7.54 Å². The van der Waals surface area contributed by atoms with Crippen molar-refractivity contribution in [2.45, 2.75) is 0 Å². The molecule has 0 saturated heterocycles. The molecule has 0 spiro atoms. The van der Waals surface area contributed by atoms with Crippen molar-refractivity contribution < 1.29 is 3.56 Å². The van der Waals surface area contributed by atoms with Crippen LogP contribution in [0.3, 0.4) is 0 Å². The summed E-state index contributed by atoms with van der Waals surface area (Å²) < 4.78 is 6.50. The van der Waals surface area contributed by atoms with Gasteiger partial charge in [-0.15, -0.1) is 0 Å². The zero-order chi connectivity index (χ0) is 7.84. The van der Waals surface area contributed by atoms with Gasteiger partial charge in [0.1, 0.15) is 0 Å². The number of aryl methyl sites for hydroxylation is 1. The standard InChI is InChI=1S/C7H6ClN2Se/c1-10-7-3-2-5(8)4-6(7)9-11-10/h2-4H,1H3/q+1. The molecular formula is C7H6ClN2Se+. The van der Waals surface area contributed by atoms with E-state index in [-0.39, 0.29) is 15.0 Å². The summed E-state index contributed by atoms with van der Waals surface area (Å²) in [4.78, 5) is 0. The van der Waals surface area contributed by atoms with Crippen molar-refractivity contribution in [1.29, 1.82) is 0 Å². The van der Waals surface area contributed by atoms with Gasteiger partial charge in [-0.2, -0.15) is 0 Å². The van der Waals surface area contributed by atoms with Crippen LogP contribution in [0.4, 0.5) is 0 Å². The summed E-state index contributed by atoms with van der Waals surface area (Å²) in [6.07, 6.45) is 0. The number of rotatable bonds is 0. The predicted octanol–water partition coefficient (Wildman–Crippen LogP) is 0.770. The summed E-state index contributed by atoms with van der Waals surface area (Å²) in [5, 5.41) is 0.763. The van der Waals surface area contributed by atoms with Gasteiger partial charge in [-0.3, -0.25) is 0 Å². The molecule has 0 bridgehead atoms. The van der Waals surface area contributed by atoms with E-state index in [0.29, 0.717) is 0 Å². The average molecular weight is 233 g/mol. The molecule has 0 amide bonds. The second-order valence-corrected chi connectivity index (χ2v) is 4.61. The average Bonchev–Trinajstić information content (AvgIpc) is 2.32. The maximum absolute atomic E-state index is 5.80. The molecule has 11 heavy (non-hydrogen) atoms. The van der Waals surface area contributed by atoms with Crippen LogP contribution >= 0.6 is 11.6 Å². The van der Waals surface area contributed by atoms with E-state index in [1.54, 1.807) is 0 Å². The summed E-state index contributed by atoms with van der Waals surface area (Å²) in [5.74, 6) is 0. The normalized spacial score (nSPS) is 10.7. The molecule has 56 valence electrons. The van der Waals surface area contributed by atoms with Crippen molar-refractivity contribution in [3.8, 4) is 0 Å². The third-order valence-electron chi connectivity index (χ3n) is 1.54. The third kappa shape index (κ3) is 1.20. The molecule has 2 rings (SSSR count). The molecule has 1 heterocycles. The summed E-state index contributed by atoms with van der Waals surface area (Å²) in [7, 11) is 2.04. The Balaban J connectivity index is 2.86. The Morgan fingerprint density at radius 1 is 1.55 bits per heavy atom. The first kappa shape index (κ1) is 7.29. The molecular weight excluding hydrogens is 227 g/mol. The molecule has 0 atom stereocenters. The van der Waals surface area contributed by atoms with Gasteiger partial charge >= 0.3 is 75.4 Å².